The summed E-state index contributed by atoms with van der Waals surface area (Å²) in [6, 6.07) is 15.4. The molecule has 0 aliphatic carbocycles. The number of benzene rings is 2. The second kappa shape index (κ2) is 7.89. The fourth-order valence-electron chi connectivity index (χ4n) is 2.39. The van der Waals surface area contributed by atoms with Crippen molar-refractivity contribution in [3.63, 3.8) is 0 Å². The number of hydrogen-bond donors (Lipinski definition) is 0. The van der Waals surface area contributed by atoms with E-state index in [9.17, 15) is 4.39 Å². The van der Waals surface area contributed by atoms with Crippen LogP contribution in [0.2, 0.25) is 0 Å². The Hall–Kier alpha value is -0.190. The number of rotatable bonds is 6. The molecule has 0 aliphatic heterocycles. The maximum absolute atomic E-state index is 13.2. The minimum absolute atomic E-state index is 0.0572. The molecule has 0 fully saturated rings. The maximum Gasteiger partial charge on any atom is 0.124 e. The quantitative estimate of drug-likeness (QED) is 0.437. The molecule has 2 rings (SSSR count). The molecule has 0 nitrogen and oxygen atoms in total. The van der Waals surface area contributed by atoms with Crippen LogP contribution in [0.4, 0.5) is 4.39 Å². The van der Waals surface area contributed by atoms with Gasteiger partial charge >= 0.3 is 0 Å². The Labute approximate surface area is 150 Å². The molecule has 0 heterocycles. The molecule has 21 heavy (non-hydrogen) atoms. The Morgan fingerprint density at radius 1 is 0.905 bits per heavy atom. The van der Waals surface area contributed by atoms with E-state index in [1.165, 1.54) is 17.7 Å². The van der Waals surface area contributed by atoms with Gasteiger partial charge in [-0.25, -0.2) is 4.39 Å². The predicted molar refractivity (Wildman–Crippen MR) is 98.0 cm³/mol. The highest BCUT2D eigenvalue weighted by atomic mass is 79.9. The summed E-state index contributed by atoms with van der Waals surface area (Å²) in [7, 11) is 0. The molecule has 0 unspecified atom stereocenters. The van der Waals surface area contributed by atoms with Crippen LogP contribution >= 0.6 is 47.8 Å². The smallest absolute Gasteiger partial charge is 0.124 e. The minimum Gasteiger partial charge on any atom is -0.207 e. The zero-order chi connectivity index (χ0) is 15.3. The van der Waals surface area contributed by atoms with E-state index in [0.717, 1.165) is 33.5 Å². The van der Waals surface area contributed by atoms with E-state index in [2.05, 4.69) is 72.1 Å². The molecule has 0 spiro atoms. The fourth-order valence-corrected chi connectivity index (χ4v) is 4.60. The Morgan fingerprint density at radius 3 is 2.14 bits per heavy atom. The van der Waals surface area contributed by atoms with E-state index >= 15 is 0 Å². The zero-order valence-corrected chi connectivity index (χ0v) is 16.2. The van der Waals surface area contributed by atoms with Crippen molar-refractivity contribution in [2.24, 2.45) is 5.41 Å². The highest BCUT2D eigenvalue weighted by Gasteiger charge is 2.29. The van der Waals surface area contributed by atoms with Crippen LogP contribution in [0.5, 0.6) is 0 Å². The molecule has 0 saturated carbocycles. The third-order valence-electron chi connectivity index (χ3n) is 3.57. The van der Waals surface area contributed by atoms with Gasteiger partial charge in [0, 0.05) is 15.1 Å². The first kappa shape index (κ1) is 17.2. The molecule has 4 heteroatoms. The minimum atomic E-state index is -0.211. The van der Waals surface area contributed by atoms with Gasteiger partial charge in [-0.2, -0.15) is 0 Å². The van der Waals surface area contributed by atoms with Gasteiger partial charge in [-0.1, -0.05) is 84.2 Å². The topological polar surface area (TPSA) is 0 Å². The van der Waals surface area contributed by atoms with Gasteiger partial charge in [-0.05, 0) is 41.5 Å². The van der Waals surface area contributed by atoms with Crippen LogP contribution in [-0.4, -0.2) is 10.7 Å². The molecule has 0 atom stereocenters. The first-order valence-electron chi connectivity index (χ1n) is 6.68. The van der Waals surface area contributed by atoms with E-state index in [0.29, 0.717) is 0 Å². The average Bonchev–Trinajstić information content (AvgIpc) is 2.50. The maximum atomic E-state index is 13.2. The normalized spacial score (nSPS) is 11.6. The van der Waals surface area contributed by atoms with Gasteiger partial charge in [-0.3, -0.25) is 0 Å². The third-order valence-corrected chi connectivity index (χ3v) is 6.69. The van der Waals surface area contributed by atoms with Crippen molar-refractivity contribution in [3.05, 3.63) is 69.9 Å². The number of halogens is 4. The van der Waals surface area contributed by atoms with Gasteiger partial charge in [0.25, 0.3) is 0 Å². The summed E-state index contributed by atoms with van der Waals surface area (Å²) < 4.78 is 14.1. The van der Waals surface area contributed by atoms with Crippen LogP contribution in [-0.2, 0) is 12.8 Å². The van der Waals surface area contributed by atoms with E-state index < -0.39 is 0 Å². The molecular weight excluding hydrogens is 463 g/mol. The first-order chi connectivity index (χ1) is 10.1. The Bertz CT molecular complexity index is 580. The highest BCUT2D eigenvalue weighted by Crippen LogP contribution is 2.34. The molecule has 0 bridgehead atoms. The SMILES string of the molecule is Fc1ccc(CC(CBr)(CBr)Cc2ccccc2)c(Br)c1. The lowest BCUT2D eigenvalue weighted by molar-refractivity contribution is 0.385. The van der Waals surface area contributed by atoms with Crippen molar-refractivity contribution in [2.45, 2.75) is 12.8 Å². The van der Waals surface area contributed by atoms with Crippen LogP contribution in [0, 0.1) is 11.2 Å². The monoisotopic (exact) mass is 476 g/mol. The molecule has 0 aliphatic rings. The Kier molecular flexibility index (Phi) is 6.45. The predicted octanol–water partition coefficient (Wildman–Crippen LogP) is 6.15. The molecule has 0 radical (unpaired) electrons. The fraction of sp³-hybridized carbons (Fsp3) is 0.294. The average molecular weight is 479 g/mol. The summed E-state index contributed by atoms with van der Waals surface area (Å²) in [6.07, 6.45) is 1.84. The Balaban J connectivity index is 2.25. The molecule has 0 N–H and O–H groups in total. The Morgan fingerprint density at radius 2 is 1.57 bits per heavy atom. The lowest BCUT2D eigenvalue weighted by Crippen LogP contribution is -2.30. The van der Waals surface area contributed by atoms with Gasteiger partial charge < -0.3 is 0 Å². The van der Waals surface area contributed by atoms with Crippen LogP contribution in [0.15, 0.2) is 53.0 Å². The summed E-state index contributed by atoms with van der Waals surface area (Å²) in [4.78, 5) is 0. The van der Waals surface area contributed by atoms with E-state index in [1.807, 2.05) is 12.1 Å². The largest absolute Gasteiger partial charge is 0.207 e. The summed E-state index contributed by atoms with van der Waals surface area (Å²) in [5.41, 5.74) is 2.50. The third kappa shape index (κ3) is 4.64. The molecular formula is C17H16Br3F. The second-order valence-electron chi connectivity index (χ2n) is 5.34. The van der Waals surface area contributed by atoms with E-state index in [4.69, 9.17) is 0 Å². The standard InChI is InChI=1S/C17H16Br3F/c18-11-17(12-19,9-13-4-2-1-3-5-13)10-14-6-7-15(21)8-16(14)20/h1-8H,9-12H2. The van der Waals surface area contributed by atoms with Crippen molar-refractivity contribution < 1.29 is 4.39 Å². The van der Waals surface area contributed by atoms with Gasteiger partial charge in [0.1, 0.15) is 5.82 Å². The molecule has 2 aromatic rings. The van der Waals surface area contributed by atoms with Crippen LogP contribution in [0.3, 0.4) is 0 Å². The molecule has 2 aromatic carbocycles. The van der Waals surface area contributed by atoms with Gasteiger partial charge in [0.05, 0.1) is 0 Å². The molecule has 0 aromatic heterocycles. The molecule has 0 saturated heterocycles. The second-order valence-corrected chi connectivity index (χ2v) is 7.32. The van der Waals surface area contributed by atoms with E-state index in [1.54, 1.807) is 0 Å². The van der Waals surface area contributed by atoms with Crippen LogP contribution in [0.25, 0.3) is 0 Å². The summed E-state index contributed by atoms with van der Waals surface area (Å²) in [6.45, 7) is 0. The zero-order valence-electron chi connectivity index (χ0n) is 11.5. The summed E-state index contributed by atoms with van der Waals surface area (Å²) in [5.74, 6) is -0.211. The highest BCUT2D eigenvalue weighted by molar-refractivity contribution is 9.10. The lowest BCUT2D eigenvalue weighted by atomic mass is 9.80. The van der Waals surface area contributed by atoms with Gasteiger partial charge in [0.15, 0.2) is 0 Å². The first-order valence-corrected chi connectivity index (χ1v) is 9.72. The van der Waals surface area contributed by atoms with Crippen LogP contribution in [0.1, 0.15) is 11.1 Å². The summed E-state index contributed by atoms with van der Waals surface area (Å²) >= 11 is 10.8. The van der Waals surface area contributed by atoms with Crippen molar-refractivity contribution in [3.8, 4) is 0 Å². The van der Waals surface area contributed by atoms with Gasteiger partial charge in [0.2, 0.25) is 0 Å². The summed E-state index contributed by atoms with van der Waals surface area (Å²) in [5, 5.41) is 1.76. The van der Waals surface area contributed by atoms with Crippen molar-refractivity contribution in [1.29, 1.82) is 0 Å². The number of hydrogen-bond acceptors (Lipinski definition) is 0. The van der Waals surface area contributed by atoms with E-state index in [-0.39, 0.29) is 11.2 Å². The molecule has 0 amide bonds. The number of alkyl halides is 2. The van der Waals surface area contributed by atoms with Gasteiger partial charge in [-0.15, -0.1) is 0 Å². The lowest BCUT2D eigenvalue weighted by Gasteiger charge is -2.31. The van der Waals surface area contributed by atoms with Crippen LogP contribution < -0.4 is 0 Å². The van der Waals surface area contributed by atoms with Crippen molar-refractivity contribution in [2.75, 3.05) is 10.7 Å². The van der Waals surface area contributed by atoms with Crippen molar-refractivity contribution in [1.82, 2.24) is 0 Å². The van der Waals surface area contributed by atoms with Crippen molar-refractivity contribution >= 4 is 47.8 Å². The molecule has 112 valence electrons.